The van der Waals surface area contributed by atoms with Crippen molar-refractivity contribution < 1.29 is 35.1 Å². The van der Waals surface area contributed by atoms with Crippen molar-refractivity contribution in [2.45, 2.75) is 45.3 Å². The minimum atomic E-state index is -1.31. The third-order valence-corrected chi connectivity index (χ3v) is 6.34. The summed E-state index contributed by atoms with van der Waals surface area (Å²) in [6.07, 6.45) is 1.17. The first-order valence-electron chi connectivity index (χ1n) is 8.87. The first-order valence-corrected chi connectivity index (χ1v) is 8.87. The highest BCUT2D eigenvalue weighted by molar-refractivity contribution is 5.91. The molecular weight excluding hydrogens is 356 g/mol. The summed E-state index contributed by atoms with van der Waals surface area (Å²) in [5, 5.41) is 38.3. The number of methoxy groups -OCH3 is 1. The maximum absolute atomic E-state index is 12.7. The van der Waals surface area contributed by atoms with Crippen molar-refractivity contribution in [3.05, 3.63) is 34.2 Å². The van der Waals surface area contributed by atoms with Crippen LogP contribution in [0.3, 0.4) is 0 Å². The third kappa shape index (κ3) is 3.59. The first-order chi connectivity index (χ1) is 12.5. The average molecular weight is 382 g/mol. The molecule has 0 aromatic heterocycles. The van der Waals surface area contributed by atoms with Crippen molar-refractivity contribution in [1.82, 2.24) is 0 Å². The van der Waals surface area contributed by atoms with E-state index in [9.17, 15) is 25.6 Å². The van der Waals surface area contributed by atoms with Crippen molar-refractivity contribution >= 4 is 17.3 Å². The molecule has 2 fully saturated rings. The Morgan fingerprint density at radius 2 is 1.67 bits per heavy atom. The standard InChI is InChI=1S/C18H26N2O7/c1-17(2)13-8-15(26-4)18(3,9-14(13)17)27-16(21)10-5-11(19(22)23)7-12(6-10)20(24)25/h5-7,13-15,19-20,22,24H,8-9H2,1-4H3/t13-,14-,15-,18+/m1/s1. The molecular formula is C18H26N2O7. The maximum atomic E-state index is 12.7. The fourth-order valence-corrected chi connectivity index (χ4v) is 4.49. The quantitative estimate of drug-likeness (QED) is 0.430. The van der Waals surface area contributed by atoms with Crippen molar-refractivity contribution in [2.24, 2.45) is 17.3 Å². The lowest BCUT2D eigenvalue weighted by molar-refractivity contribution is -0.996. The topological polar surface area (TPSA) is 131 Å². The van der Waals surface area contributed by atoms with Gasteiger partial charge in [0.1, 0.15) is 5.60 Å². The van der Waals surface area contributed by atoms with Gasteiger partial charge in [0.2, 0.25) is 0 Å². The van der Waals surface area contributed by atoms with Crippen LogP contribution in [0.15, 0.2) is 18.2 Å². The van der Waals surface area contributed by atoms with Crippen LogP contribution in [-0.4, -0.2) is 35.2 Å². The third-order valence-electron chi connectivity index (χ3n) is 6.34. The van der Waals surface area contributed by atoms with E-state index in [0.29, 0.717) is 18.3 Å². The summed E-state index contributed by atoms with van der Waals surface area (Å²) in [4.78, 5) is 12.7. The molecule has 2 unspecified atom stereocenters. The van der Waals surface area contributed by atoms with Crippen molar-refractivity contribution in [3.63, 3.8) is 0 Å². The predicted octanol–water partition coefficient (Wildman–Crippen LogP) is 0.490. The van der Waals surface area contributed by atoms with Gasteiger partial charge in [-0.15, -0.1) is 0 Å². The lowest BCUT2D eigenvalue weighted by Crippen LogP contribution is -3.00. The van der Waals surface area contributed by atoms with Crippen LogP contribution < -0.4 is 10.5 Å². The molecule has 4 N–H and O–H groups in total. The van der Waals surface area contributed by atoms with E-state index in [-0.39, 0.29) is 28.5 Å². The summed E-state index contributed by atoms with van der Waals surface area (Å²) in [5.41, 5.74) is -1.32. The fraction of sp³-hybridized carbons (Fsp3) is 0.611. The Kier molecular flexibility index (Phi) is 5.06. The van der Waals surface area contributed by atoms with E-state index in [4.69, 9.17) is 9.47 Å². The smallest absolute Gasteiger partial charge is 0.339 e. The van der Waals surface area contributed by atoms with Crippen LogP contribution in [0.25, 0.3) is 0 Å². The number of carbonyl (C=O) groups is 1. The van der Waals surface area contributed by atoms with Crippen molar-refractivity contribution in [2.75, 3.05) is 7.11 Å². The molecule has 1 aromatic rings. The lowest BCUT2D eigenvalue weighted by Gasteiger charge is -2.39. The Balaban J connectivity index is 1.86. The van der Waals surface area contributed by atoms with Crippen LogP contribution in [0.2, 0.25) is 0 Å². The molecule has 2 aliphatic carbocycles. The minimum Gasteiger partial charge on any atom is -0.595 e. The van der Waals surface area contributed by atoms with E-state index in [1.165, 1.54) is 0 Å². The highest BCUT2D eigenvalue weighted by atomic mass is 16.8. The van der Waals surface area contributed by atoms with Crippen LogP contribution in [-0.2, 0) is 9.47 Å². The number of carbonyl (C=O) groups excluding carboxylic acids is 1. The molecule has 0 bridgehead atoms. The SMILES string of the molecule is CO[C@@H]1C[C@@H]2[C@@H](C[C@]1(C)OC(=O)c1cc([NH+]([O-])O)cc([NH+]([O-])O)c1)C2(C)C. The number of quaternary nitrogens is 2. The molecule has 0 spiro atoms. The molecule has 3 rings (SSSR count). The number of benzene rings is 1. The second-order valence-corrected chi connectivity index (χ2v) is 8.31. The van der Waals surface area contributed by atoms with Crippen molar-refractivity contribution in [3.8, 4) is 0 Å². The van der Waals surface area contributed by atoms with Crippen LogP contribution >= 0.6 is 0 Å². The van der Waals surface area contributed by atoms with E-state index >= 15 is 0 Å². The van der Waals surface area contributed by atoms with Gasteiger partial charge in [-0.2, -0.15) is 10.5 Å². The molecule has 6 atom stereocenters. The number of rotatable bonds is 5. The van der Waals surface area contributed by atoms with Gasteiger partial charge in [0.25, 0.3) is 0 Å². The van der Waals surface area contributed by atoms with Crippen molar-refractivity contribution in [1.29, 1.82) is 0 Å². The molecule has 2 aliphatic rings. The zero-order valence-electron chi connectivity index (χ0n) is 15.8. The summed E-state index contributed by atoms with van der Waals surface area (Å²) in [7, 11) is 1.58. The minimum absolute atomic E-state index is 0.0967. The number of nitrogens with one attached hydrogen (secondary N) is 2. The predicted molar refractivity (Wildman–Crippen MR) is 92.6 cm³/mol. The monoisotopic (exact) mass is 382 g/mol. The zero-order valence-corrected chi connectivity index (χ0v) is 15.8. The van der Waals surface area contributed by atoms with E-state index in [0.717, 1.165) is 24.6 Å². The van der Waals surface area contributed by atoms with Crippen LogP contribution in [0.5, 0.6) is 0 Å². The Hall–Kier alpha value is -1.59. The molecule has 0 saturated heterocycles. The van der Waals surface area contributed by atoms with E-state index in [2.05, 4.69) is 13.8 Å². The number of esters is 1. The lowest BCUT2D eigenvalue weighted by atomic mass is 9.83. The van der Waals surface area contributed by atoms with Gasteiger partial charge in [0, 0.05) is 19.2 Å². The molecule has 0 heterocycles. The molecule has 0 radical (unpaired) electrons. The van der Waals surface area contributed by atoms with Gasteiger partial charge in [-0.1, -0.05) is 13.8 Å². The molecule has 9 nitrogen and oxygen atoms in total. The van der Waals surface area contributed by atoms with Gasteiger partial charge in [0.05, 0.1) is 17.7 Å². The Morgan fingerprint density at radius 3 is 2.15 bits per heavy atom. The van der Waals surface area contributed by atoms with Gasteiger partial charge in [-0.3, -0.25) is 0 Å². The highest BCUT2D eigenvalue weighted by Crippen LogP contribution is 2.67. The highest BCUT2D eigenvalue weighted by Gasteiger charge is 2.65. The summed E-state index contributed by atoms with van der Waals surface area (Å²) in [6, 6.07) is 3.28. The van der Waals surface area contributed by atoms with Gasteiger partial charge < -0.3 is 19.9 Å². The number of hydrogen-bond acceptors (Lipinski definition) is 7. The summed E-state index contributed by atoms with van der Waals surface area (Å²) in [5.74, 6) is 0.215. The molecule has 0 amide bonds. The second-order valence-electron chi connectivity index (χ2n) is 8.31. The Bertz CT molecular complexity index is 710. The van der Waals surface area contributed by atoms with E-state index < -0.39 is 22.0 Å². The average Bonchev–Trinajstić information content (AvgIpc) is 3.11. The maximum Gasteiger partial charge on any atom is 0.339 e. The van der Waals surface area contributed by atoms with Crippen LogP contribution in [0, 0.1) is 27.7 Å². The van der Waals surface area contributed by atoms with Gasteiger partial charge >= 0.3 is 5.97 Å². The molecule has 0 aliphatic heterocycles. The molecule has 27 heavy (non-hydrogen) atoms. The van der Waals surface area contributed by atoms with Gasteiger partial charge in [0.15, 0.2) is 11.4 Å². The molecule has 9 heteroatoms. The number of hydrogen-bond donors (Lipinski definition) is 4. The Labute approximate surface area is 157 Å². The second kappa shape index (κ2) is 6.78. The first kappa shape index (κ1) is 20.2. The van der Waals surface area contributed by atoms with Crippen LogP contribution in [0.1, 0.15) is 44.0 Å². The molecule has 1 aromatic carbocycles. The van der Waals surface area contributed by atoms with E-state index in [1.54, 1.807) is 7.11 Å². The Morgan fingerprint density at radius 1 is 1.11 bits per heavy atom. The number of fused-ring (bicyclic) bond motifs is 1. The van der Waals surface area contributed by atoms with E-state index in [1.807, 2.05) is 6.92 Å². The summed E-state index contributed by atoms with van der Waals surface area (Å²) < 4.78 is 11.4. The summed E-state index contributed by atoms with van der Waals surface area (Å²) >= 11 is 0. The van der Waals surface area contributed by atoms with Gasteiger partial charge in [-0.25, -0.2) is 15.2 Å². The van der Waals surface area contributed by atoms with Gasteiger partial charge in [-0.05, 0) is 37.0 Å². The largest absolute Gasteiger partial charge is 0.595 e. The zero-order chi connectivity index (χ0) is 20.1. The number of ether oxygens (including phenoxy) is 2. The normalized spacial score (nSPS) is 33.7. The fourth-order valence-electron chi connectivity index (χ4n) is 4.49. The summed E-state index contributed by atoms with van der Waals surface area (Å²) in [6.45, 7) is 6.21. The molecule has 2 saturated carbocycles. The molecule has 150 valence electrons. The van der Waals surface area contributed by atoms with Crippen LogP contribution in [0.4, 0.5) is 11.4 Å².